The van der Waals surface area contributed by atoms with E-state index in [1.165, 1.54) is 24.2 Å². The summed E-state index contributed by atoms with van der Waals surface area (Å²) in [5.41, 5.74) is 3.42. The van der Waals surface area contributed by atoms with Crippen LogP contribution in [-0.2, 0) is 0 Å². The van der Waals surface area contributed by atoms with E-state index in [4.69, 9.17) is 0 Å². The van der Waals surface area contributed by atoms with Gasteiger partial charge in [-0.15, -0.1) is 0 Å². The Hall–Kier alpha value is -2.82. The zero-order valence-electron chi connectivity index (χ0n) is 15.1. The second kappa shape index (κ2) is 8.25. The Kier molecular flexibility index (Phi) is 5.37. The van der Waals surface area contributed by atoms with Crippen LogP contribution in [-0.4, -0.2) is 14.7 Å². The van der Waals surface area contributed by atoms with Crippen molar-refractivity contribution in [3.63, 3.8) is 0 Å². The van der Waals surface area contributed by atoms with Gasteiger partial charge in [-0.1, -0.05) is 0 Å². The minimum absolute atomic E-state index is 1.07. The molecule has 130 valence electrons. The van der Waals surface area contributed by atoms with Crippen molar-refractivity contribution in [2.24, 2.45) is 0 Å². The summed E-state index contributed by atoms with van der Waals surface area (Å²) in [6.45, 7) is 4.30. The molecular weight excluding hydrogens is 387 g/mol. The van der Waals surface area contributed by atoms with Crippen LogP contribution in [0.3, 0.4) is 0 Å². The molecule has 0 saturated heterocycles. The summed E-state index contributed by atoms with van der Waals surface area (Å²) in [5, 5.41) is 0. The van der Waals surface area contributed by atoms with Crippen molar-refractivity contribution < 1.29 is 0 Å². The predicted molar refractivity (Wildman–Crippen MR) is 119 cm³/mol. The summed E-state index contributed by atoms with van der Waals surface area (Å²) in [7, 11) is 0. The van der Waals surface area contributed by atoms with Gasteiger partial charge < -0.3 is 0 Å². The molecule has 0 aromatic heterocycles. The molecular formula is C26H21As. The number of benzene rings is 4. The van der Waals surface area contributed by atoms with Crippen molar-refractivity contribution >= 4 is 33.3 Å². The molecule has 0 atom stereocenters. The molecule has 0 amide bonds. The first-order valence-electron chi connectivity index (χ1n) is 9.08. The van der Waals surface area contributed by atoms with Crippen LogP contribution in [0.2, 0.25) is 0 Å². The van der Waals surface area contributed by atoms with Gasteiger partial charge in [0.05, 0.1) is 0 Å². The Morgan fingerprint density at radius 2 is 0.815 bits per heavy atom. The molecule has 27 heavy (non-hydrogen) atoms. The van der Waals surface area contributed by atoms with Gasteiger partial charge in [0, 0.05) is 0 Å². The minimum atomic E-state index is -1.55. The van der Waals surface area contributed by atoms with Crippen LogP contribution in [0.5, 0.6) is 0 Å². The van der Waals surface area contributed by atoms with Crippen LogP contribution in [0.1, 0.15) is 11.1 Å². The third-order valence-electron chi connectivity index (χ3n) is 4.63. The van der Waals surface area contributed by atoms with Gasteiger partial charge in [-0.25, -0.2) is 0 Å². The van der Waals surface area contributed by atoms with Gasteiger partial charge >= 0.3 is 166 Å². The molecule has 0 bridgehead atoms. The third-order valence-corrected chi connectivity index (χ3v) is 9.75. The van der Waals surface area contributed by atoms with Crippen LogP contribution in [0.15, 0.2) is 122 Å². The first-order chi connectivity index (χ1) is 13.3. The molecule has 4 aromatic carbocycles. The quantitative estimate of drug-likeness (QED) is 0.433. The summed E-state index contributed by atoms with van der Waals surface area (Å²) >= 11 is -1.55. The molecule has 4 aromatic rings. The molecule has 1 heteroatoms. The summed E-state index contributed by atoms with van der Waals surface area (Å²) < 4.78 is 4.33. The standard InChI is InChI=1S/C26H21As/c1-21(22-11-5-2-6-12-22)23-17-19-26(20-18-23)27(24-13-7-3-8-14-24)25-15-9-4-10-16-25/h2-20H,1H2. The summed E-state index contributed by atoms with van der Waals surface area (Å²) in [6.07, 6.45) is 0. The van der Waals surface area contributed by atoms with E-state index in [1.807, 2.05) is 6.07 Å². The summed E-state index contributed by atoms with van der Waals surface area (Å²) in [4.78, 5) is 0. The van der Waals surface area contributed by atoms with Gasteiger partial charge in [0.25, 0.3) is 0 Å². The van der Waals surface area contributed by atoms with E-state index < -0.39 is 14.7 Å². The maximum atomic E-state index is 4.30. The van der Waals surface area contributed by atoms with Crippen molar-refractivity contribution in [1.82, 2.24) is 0 Å². The Labute approximate surface area is 166 Å². The van der Waals surface area contributed by atoms with Crippen molar-refractivity contribution in [2.45, 2.75) is 0 Å². The van der Waals surface area contributed by atoms with Gasteiger partial charge in [-0.2, -0.15) is 0 Å². The molecule has 0 aliphatic carbocycles. The molecule has 0 N–H and O–H groups in total. The van der Waals surface area contributed by atoms with Crippen molar-refractivity contribution in [3.8, 4) is 0 Å². The van der Waals surface area contributed by atoms with Crippen LogP contribution in [0.25, 0.3) is 5.57 Å². The topological polar surface area (TPSA) is 0 Å². The van der Waals surface area contributed by atoms with Crippen LogP contribution >= 0.6 is 0 Å². The van der Waals surface area contributed by atoms with Crippen LogP contribution < -0.4 is 13.1 Å². The SMILES string of the molecule is C=C(c1ccccc1)c1ccc([As](c2ccccc2)c2ccccc2)cc1. The van der Waals surface area contributed by atoms with E-state index in [1.54, 1.807) is 0 Å². The monoisotopic (exact) mass is 408 g/mol. The third kappa shape index (κ3) is 3.97. The zero-order valence-corrected chi connectivity index (χ0v) is 17.0. The van der Waals surface area contributed by atoms with Crippen molar-refractivity contribution in [2.75, 3.05) is 0 Å². The van der Waals surface area contributed by atoms with Crippen molar-refractivity contribution in [3.05, 3.63) is 133 Å². The average Bonchev–Trinajstić information content (AvgIpc) is 2.76. The number of hydrogen-bond acceptors (Lipinski definition) is 0. The normalized spacial score (nSPS) is 10.7. The fourth-order valence-electron chi connectivity index (χ4n) is 3.22. The molecule has 0 saturated carbocycles. The maximum absolute atomic E-state index is 4.30. The predicted octanol–water partition coefficient (Wildman–Crippen LogP) is 4.26. The molecule has 0 aliphatic rings. The van der Waals surface area contributed by atoms with E-state index >= 15 is 0 Å². The second-order valence-corrected chi connectivity index (χ2v) is 11.1. The molecule has 0 nitrogen and oxygen atoms in total. The zero-order chi connectivity index (χ0) is 18.5. The molecule has 0 fully saturated rings. The van der Waals surface area contributed by atoms with Crippen LogP contribution in [0, 0.1) is 0 Å². The van der Waals surface area contributed by atoms with E-state index in [0.29, 0.717) is 0 Å². The molecule has 0 radical (unpaired) electrons. The fourth-order valence-corrected chi connectivity index (χ4v) is 8.01. The Morgan fingerprint density at radius 3 is 1.30 bits per heavy atom. The summed E-state index contributed by atoms with van der Waals surface area (Å²) in [6, 6.07) is 41.2. The fraction of sp³-hybridized carbons (Fsp3) is 0. The molecule has 0 unspecified atom stereocenters. The van der Waals surface area contributed by atoms with Gasteiger partial charge in [-0.3, -0.25) is 0 Å². The Morgan fingerprint density at radius 1 is 0.444 bits per heavy atom. The number of rotatable bonds is 5. The van der Waals surface area contributed by atoms with Gasteiger partial charge in [-0.05, 0) is 0 Å². The Balaban J connectivity index is 1.70. The van der Waals surface area contributed by atoms with Crippen molar-refractivity contribution in [1.29, 1.82) is 0 Å². The van der Waals surface area contributed by atoms with E-state index in [-0.39, 0.29) is 0 Å². The Bertz CT molecular complexity index is 965. The van der Waals surface area contributed by atoms with E-state index in [9.17, 15) is 0 Å². The van der Waals surface area contributed by atoms with Gasteiger partial charge in [0.1, 0.15) is 0 Å². The molecule has 0 spiro atoms. The second-order valence-electron chi connectivity index (χ2n) is 6.40. The van der Waals surface area contributed by atoms with E-state index in [2.05, 4.69) is 116 Å². The van der Waals surface area contributed by atoms with Crippen LogP contribution in [0.4, 0.5) is 0 Å². The first kappa shape index (κ1) is 17.6. The summed E-state index contributed by atoms with van der Waals surface area (Å²) in [5.74, 6) is 0. The molecule has 0 heterocycles. The first-order valence-corrected chi connectivity index (χ1v) is 11.9. The number of hydrogen-bond donors (Lipinski definition) is 0. The molecule has 4 rings (SSSR count). The van der Waals surface area contributed by atoms with Gasteiger partial charge in [0.15, 0.2) is 0 Å². The van der Waals surface area contributed by atoms with Gasteiger partial charge in [0.2, 0.25) is 0 Å². The van der Waals surface area contributed by atoms with E-state index in [0.717, 1.165) is 5.57 Å². The molecule has 0 aliphatic heterocycles. The average molecular weight is 408 g/mol.